The summed E-state index contributed by atoms with van der Waals surface area (Å²) in [5.41, 5.74) is 2.02. The molecule has 0 heterocycles. The predicted octanol–water partition coefficient (Wildman–Crippen LogP) is 3.51. The topological polar surface area (TPSA) is 66.6 Å². The molecule has 2 rings (SSSR count). The summed E-state index contributed by atoms with van der Waals surface area (Å²) in [4.78, 5) is 12.4. The highest BCUT2D eigenvalue weighted by Crippen LogP contribution is 2.27. The number of aliphatic hydroxyl groups excluding tert-OH is 1. The van der Waals surface area contributed by atoms with Crippen molar-refractivity contribution in [3.8, 4) is 0 Å². The summed E-state index contributed by atoms with van der Waals surface area (Å²) in [6.45, 7) is 0.922. The summed E-state index contributed by atoms with van der Waals surface area (Å²) in [7, 11) is 0. The van der Waals surface area contributed by atoms with Crippen molar-refractivity contribution < 1.29 is 10.0 Å². The Kier molecular flexibility index (Phi) is 5.29. The highest BCUT2D eigenvalue weighted by atomic mass is 16.6. The second-order valence-electron chi connectivity index (χ2n) is 4.69. The molecular weight excluding hydrogens is 268 g/mol. The fourth-order valence-corrected chi connectivity index (χ4v) is 2.15. The van der Waals surface area contributed by atoms with E-state index in [1.54, 1.807) is 12.1 Å². The van der Waals surface area contributed by atoms with Crippen molar-refractivity contribution in [2.75, 3.05) is 18.1 Å². The van der Waals surface area contributed by atoms with Crippen LogP contribution in [0.3, 0.4) is 0 Å². The van der Waals surface area contributed by atoms with Gasteiger partial charge in [0.15, 0.2) is 0 Å². The van der Waals surface area contributed by atoms with Gasteiger partial charge in [-0.05, 0) is 37.1 Å². The van der Waals surface area contributed by atoms with Gasteiger partial charge >= 0.3 is 0 Å². The number of hydrogen-bond acceptors (Lipinski definition) is 4. The first kappa shape index (κ1) is 15.0. The van der Waals surface area contributed by atoms with Crippen molar-refractivity contribution in [1.82, 2.24) is 0 Å². The molecule has 1 N–H and O–H groups in total. The molecule has 21 heavy (non-hydrogen) atoms. The van der Waals surface area contributed by atoms with Crippen LogP contribution in [0.25, 0.3) is 0 Å². The summed E-state index contributed by atoms with van der Waals surface area (Å²) in [6, 6.07) is 16.4. The van der Waals surface area contributed by atoms with Crippen molar-refractivity contribution in [2.45, 2.75) is 12.8 Å². The molecule has 110 valence electrons. The molecule has 0 unspecified atom stereocenters. The molecule has 5 nitrogen and oxygen atoms in total. The zero-order valence-corrected chi connectivity index (χ0v) is 11.7. The molecule has 0 saturated carbocycles. The largest absolute Gasteiger partial charge is 0.396 e. The maximum atomic E-state index is 10.7. The van der Waals surface area contributed by atoms with Crippen molar-refractivity contribution in [2.24, 2.45) is 0 Å². The number of nitro benzene ring substituents is 1. The van der Waals surface area contributed by atoms with E-state index >= 15 is 0 Å². The number of para-hydroxylation sites is 1. The van der Waals surface area contributed by atoms with E-state index in [-0.39, 0.29) is 12.3 Å². The Hall–Kier alpha value is -2.40. The molecule has 0 aromatic heterocycles. The quantitative estimate of drug-likeness (QED) is 0.480. The van der Waals surface area contributed by atoms with Gasteiger partial charge in [0.05, 0.1) is 4.92 Å². The molecule has 2 aromatic rings. The number of benzene rings is 2. The summed E-state index contributed by atoms with van der Waals surface area (Å²) >= 11 is 0. The lowest BCUT2D eigenvalue weighted by atomic mass is 10.2. The number of aliphatic hydroxyl groups is 1. The smallest absolute Gasteiger partial charge is 0.269 e. The number of nitro groups is 1. The number of hydrogen-bond donors (Lipinski definition) is 1. The molecule has 0 radical (unpaired) electrons. The van der Waals surface area contributed by atoms with Crippen LogP contribution in [-0.4, -0.2) is 23.2 Å². The van der Waals surface area contributed by atoms with Gasteiger partial charge in [0, 0.05) is 36.7 Å². The van der Waals surface area contributed by atoms with Gasteiger partial charge in [0.2, 0.25) is 0 Å². The Balaban J connectivity index is 2.24. The number of nitrogens with zero attached hydrogens (tertiary/aromatic N) is 2. The monoisotopic (exact) mass is 286 g/mol. The standard InChI is InChI=1S/C16H18N2O3/c19-13-5-4-12-17(14-6-2-1-3-7-14)15-8-10-16(11-9-15)18(20)21/h1-3,6-11,19H,4-5,12-13H2. The maximum absolute atomic E-state index is 10.7. The molecule has 0 spiro atoms. The first-order valence-electron chi connectivity index (χ1n) is 6.90. The Morgan fingerprint density at radius 3 is 2.14 bits per heavy atom. The molecule has 5 heteroatoms. The van der Waals surface area contributed by atoms with Crippen LogP contribution in [0.2, 0.25) is 0 Å². The average molecular weight is 286 g/mol. The minimum Gasteiger partial charge on any atom is -0.396 e. The number of anilines is 2. The molecule has 0 aliphatic rings. The third-order valence-electron chi connectivity index (χ3n) is 3.23. The average Bonchev–Trinajstić information content (AvgIpc) is 2.53. The summed E-state index contributed by atoms with van der Waals surface area (Å²) < 4.78 is 0. The second-order valence-corrected chi connectivity index (χ2v) is 4.69. The molecule has 0 aliphatic heterocycles. The molecule has 0 fully saturated rings. The minimum absolute atomic E-state index is 0.0853. The van der Waals surface area contributed by atoms with E-state index in [4.69, 9.17) is 5.11 Å². The highest BCUT2D eigenvalue weighted by molar-refractivity contribution is 5.64. The number of non-ortho nitro benzene ring substituents is 1. The van der Waals surface area contributed by atoms with Gasteiger partial charge in [-0.15, -0.1) is 0 Å². The summed E-state index contributed by atoms with van der Waals surface area (Å²) in [6.07, 6.45) is 1.58. The third-order valence-corrected chi connectivity index (χ3v) is 3.23. The summed E-state index contributed by atoms with van der Waals surface area (Å²) in [5.74, 6) is 0. The van der Waals surface area contributed by atoms with Crippen LogP contribution in [0.4, 0.5) is 17.1 Å². The lowest BCUT2D eigenvalue weighted by molar-refractivity contribution is -0.384. The van der Waals surface area contributed by atoms with Crippen LogP contribution < -0.4 is 4.90 Å². The van der Waals surface area contributed by atoms with E-state index < -0.39 is 4.92 Å². The normalized spacial score (nSPS) is 10.3. The van der Waals surface area contributed by atoms with Crippen molar-refractivity contribution in [3.63, 3.8) is 0 Å². The predicted molar refractivity (Wildman–Crippen MR) is 82.9 cm³/mol. The van der Waals surface area contributed by atoms with Crippen LogP contribution in [0, 0.1) is 10.1 Å². The Bertz CT molecular complexity index is 570. The van der Waals surface area contributed by atoms with Gasteiger partial charge in [-0.2, -0.15) is 0 Å². The zero-order chi connectivity index (χ0) is 15.1. The first-order chi connectivity index (χ1) is 10.2. The highest BCUT2D eigenvalue weighted by Gasteiger charge is 2.11. The van der Waals surface area contributed by atoms with E-state index in [9.17, 15) is 10.1 Å². The van der Waals surface area contributed by atoms with Crippen LogP contribution in [0.5, 0.6) is 0 Å². The SMILES string of the molecule is O=[N+]([O-])c1ccc(N(CCCCO)c2ccccc2)cc1. The molecular formula is C16H18N2O3. The van der Waals surface area contributed by atoms with E-state index in [0.29, 0.717) is 0 Å². The van der Waals surface area contributed by atoms with E-state index in [2.05, 4.69) is 4.90 Å². The number of rotatable bonds is 7. The molecule has 0 atom stereocenters. The molecule has 0 bridgehead atoms. The van der Waals surface area contributed by atoms with Crippen LogP contribution in [0.1, 0.15) is 12.8 Å². The van der Waals surface area contributed by atoms with Gasteiger partial charge in [-0.1, -0.05) is 18.2 Å². The summed E-state index contributed by atoms with van der Waals surface area (Å²) in [5, 5.41) is 19.7. The fourth-order valence-electron chi connectivity index (χ4n) is 2.15. The third kappa shape index (κ3) is 4.03. The van der Waals surface area contributed by atoms with Gasteiger partial charge in [-0.3, -0.25) is 10.1 Å². The van der Waals surface area contributed by atoms with E-state index in [1.165, 1.54) is 12.1 Å². The first-order valence-corrected chi connectivity index (χ1v) is 6.90. The molecule has 2 aromatic carbocycles. The van der Waals surface area contributed by atoms with Crippen LogP contribution in [0.15, 0.2) is 54.6 Å². The number of unbranched alkanes of at least 4 members (excludes halogenated alkanes) is 1. The van der Waals surface area contributed by atoms with Crippen LogP contribution >= 0.6 is 0 Å². The fraction of sp³-hybridized carbons (Fsp3) is 0.250. The van der Waals surface area contributed by atoms with Gasteiger partial charge in [0.1, 0.15) is 0 Å². The lowest BCUT2D eigenvalue weighted by Gasteiger charge is -2.25. The van der Waals surface area contributed by atoms with E-state index in [1.807, 2.05) is 30.3 Å². The zero-order valence-electron chi connectivity index (χ0n) is 11.7. The molecule has 0 aliphatic carbocycles. The van der Waals surface area contributed by atoms with Gasteiger partial charge < -0.3 is 10.0 Å². The maximum Gasteiger partial charge on any atom is 0.269 e. The minimum atomic E-state index is -0.400. The van der Waals surface area contributed by atoms with Crippen molar-refractivity contribution >= 4 is 17.1 Å². The lowest BCUT2D eigenvalue weighted by Crippen LogP contribution is -2.18. The Labute approximate surface area is 123 Å². The van der Waals surface area contributed by atoms with E-state index in [0.717, 1.165) is 30.8 Å². The Morgan fingerprint density at radius 1 is 0.952 bits per heavy atom. The molecule has 0 amide bonds. The van der Waals surface area contributed by atoms with Gasteiger partial charge in [-0.25, -0.2) is 0 Å². The van der Waals surface area contributed by atoms with Crippen LogP contribution in [-0.2, 0) is 0 Å². The van der Waals surface area contributed by atoms with Crippen molar-refractivity contribution in [3.05, 3.63) is 64.7 Å². The Morgan fingerprint density at radius 2 is 1.57 bits per heavy atom. The molecule has 0 saturated heterocycles. The van der Waals surface area contributed by atoms with Crippen molar-refractivity contribution in [1.29, 1.82) is 0 Å². The second kappa shape index (κ2) is 7.40. The van der Waals surface area contributed by atoms with Gasteiger partial charge in [0.25, 0.3) is 5.69 Å².